The number of rotatable bonds is 1. The molecule has 0 spiro atoms. The third-order valence-corrected chi connectivity index (χ3v) is 2.79. The van der Waals surface area contributed by atoms with Crippen molar-refractivity contribution in [2.45, 2.75) is 12.8 Å². The van der Waals surface area contributed by atoms with Gasteiger partial charge in [0.05, 0.1) is 19.5 Å². The van der Waals surface area contributed by atoms with Crippen LogP contribution in [-0.2, 0) is 11.3 Å². The second-order valence-corrected chi connectivity index (χ2v) is 3.77. The Morgan fingerprint density at radius 2 is 2.31 bits per heavy atom. The first kappa shape index (κ1) is 11.4. The summed E-state index contributed by atoms with van der Waals surface area (Å²) in [6, 6.07) is 4.82. The number of nitrogens with zero attached hydrogens (tertiary/aromatic N) is 2. The van der Waals surface area contributed by atoms with Gasteiger partial charge in [-0.3, -0.25) is 4.99 Å². The summed E-state index contributed by atoms with van der Waals surface area (Å²) in [4.78, 5) is 6.19. The van der Waals surface area contributed by atoms with Gasteiger partial charge in [-0.15, -0.1) is 12.4 Å². The zero-order chi connectivity index (χ0) is 10.3. The van der Waals surface area contributed by atoms with Gasteiger partial charge in [-0.25, -0.2) is 4.39 Å². The van der Waals surface area contributed by atoms with Crippen molar-refractivity contribution in [3.63, 3.8) is 0 Å². The summed E-state index contributed by atoms with van der Waals surface area (Å²) in [5.41, 5.74) is 2.00. The van der Waals surface area contributed by atoms with E-state index in [-0.39, 0.29) is 24.5 Å². The third kappa shape index (κ3) is 1.79. The highest BCUT2D eigenvalue weighted by Crippen LogP contribution is 2.33. The Kier molecular flexibility index (Phi) is 3.12. The summed E-state index contributed by atoms with van der Waals surface area (Å²) in [5.74, 6) is -0.201. The van der Waals surface area contributed by atoms with E-state index < -0.39 is 0 Å². The van der Waals surface area contributed by atoms with Gasteiger partial charge in [-0.2, -0.15) is 0 Å². The number of aliphatic imine (C=N–C) groups is 1. The third-order valence-electron chi connectivity index (χ3n) is 2.79. The maximum absolute atomic E-state index is 13.0. The lowest BCUT2D eigenvalue weighted by atomic mass is 10.1. The van der Waals surface area contributed by atoms with Crippen molar-refractivity contribution in [2.24, 2.45) is 4.99 Å². The smallest absolute Gasteiger partial charge is 0.157 e. The lowest BCUT2D eigenvalue weighted by Gasteiger charge is -2.22. The van der Waals surface area contributed by atoms with Gasteiger partial charge < -0.3 is 9.64 Å². The molecule has 1 aromatic rings. The fourth-order valence-electron chi connectivity index (χ4n) is 2.04. The van der Waals surface area contributed by atoms with Crippen molar-refractivity contribution in [1.82, 2.24) is 4.90 Å². The van der Waals surface area contributed by atoms with Crippen molar-refractivity contribution < 1.29 is 9.13 Å². The molecule has 1 aromatic carbocycles. The predicted octanol–water partition coefficient (Wildman–Crippen LogP) is 2.12. The molecular weight excluding hydrogens is 231 g/mol. The highest BCUT2D eigenvalue weighted by Gasteiger charge is 2.28. The van der Waals surface area contributed by atoms with Gasteiger partial charge in [0.2, 0.25) is 0 Å². The first-order valence-corrected chi connectivity index (χ1v) is 5.00. The van der Waals surface area contributed by atoms with Crippen molar-refractivity contribution in [2.75, 3.05) is 13.1 Å². The molecule has 2 heterocycles. The summed E-state index contributed by atoms with van der Waals surface area (Å²) in [6.07, 6.45) is 1.73. The highest BCUT2D eigenvalue weighted by atomic mass is 35.5. The van der Waals surface area contributed by atoms with E-state index in [0.717, 1.165) is 24.2 Å². The topological polar surface area (TPSA) is 24.8 Å². The van der Waals surface area contributed by atoms with E-state index >= 15 is 0 Å². The Bertz CT molecular complexity index is 424. The molecule has 5 heteroatoms. The molecule has 2 aliphatic heterocycles. The zero-order valence-electron chi connectivity index (χ0n) is 8.60. The summed E-state index contributed by atoms with van der Waals surface area (Å²) in [6.45, 7) is 2.18. The monoisotopic (exact) mass is 242 g/mol. The first-order chi connectivity index (χ1) is 7.34. The lowest BCUT2D eigenvalue weighted by Crippen LogP contribution is -2.25. The number of ether oxygens (including phenoxy) is 1. The van der Waals surface area contributed by atoms with Gasteiger partial charge in [0, 0.05) is 12.1 Å². The van der Waals surface area contributed by atoms with E-state index in [0.29, 0.717) is 6.61 Å². The molecule has 0 amide bonds. The highest BCUT2D eigenvalue weighted by molar-refractivity contribution is 5.85. The van der Waals surface area contributed by atoms with Crippen LogP contribution in [0, 0.1) is 5.82 Å². The Balaban J connectivity index is 0.000000963. The molecule has 1 unspecified atom stereocenters. The minimum Gasteiger partial charge on any atom is -0.349 e. The fraction of sp³-hybridized carbons (Fsp3) is 0.364. The largest absolute Gasteiger partial charge is 0.349 e. The van der Waals surface area contributed by atoms with Crippen LogP contribution in [0.15, 0.2) is 23.2 Å². The minimum atomic E-state index is -0.201. The molecule has 0 N–H and O–H groups in total. The van der Waals surface area contributed by atoms with E-state index in [2.05, 4.69) is 4.99 Å². The summed E-state index contributed by atoms with van der Waals surface area (Å²) < 4.78 is 18.6. The molecule has 0 fully saturated rings. The predicted molar refractivity (Wildman–Crippen MR) is 61.2 cm³/mol. The average molecular weight is 243 g/mol. The van der Waals surface area contributed by atoms with Gasteiger partial charge in [-0.05, 0) is 17.7 Å². The molecule has 0 radical (unpaired) electrons. The fourth-order valence-corrected chi connectivity index (χ4v) is 2.04. The van der Waals surface area contributed by atoms with Crippen molar-refractivity contribution >= 4 is 18.7 Å². The summed E-state index contributed by atoms with van der Waals surface area (Å²) in [7, 11) is 0. The zero-order valence-corrected chi connectivity index (χ0v) is 9.41. The van der Waals surface area contributed by atoms with Gasteiger partial charge >= 0.3 is 0 Å². The molecule has 0 aromatic heterocycles. The number of halogens is 2. The SMILES string of the molecule is Cl.Fc1ccc2c(c1)COC2N1C=NCC1. The van der Waals surface area contributed by atoms with Crippen LogP contribution in [-0.4, -0.2) is 24.3 Å². The first-order valence-electron chi connectivity index (χ1n) is 5.00. The second kappa shape index (κ2) is 4.39. The van der Waals surface area contributed by atoms with Crippen LogP contribution in [0.1, 0.15) is 17.4 Å². The van der Waals surface area contributed by atoms with Crippen LogP contribution in [0.2, 0.25) is 0 Å². The van der Waals surface area contributed by atoms with Crippen LogP contribution >= 0.6 is 12.4 Å². The molecule has 0 aliphatic carbocycles. The number of fused-ring (bicyclic) bond motifs is 1. The quantitative estimate of drug-likeness (QED) is 0.754. The minimum absolute atomic E-state index is 0. The molecule has 1 atom stereocenters. The van der Waals surface area contributed by atoms with Crippen LogP contribution in [0.25, 0.3) is 0 Å². The Morgan fingerprint density at radius 1 is 1.44 bits per heavy atom. The Morgan fingerprint density at radius 3 is 3.06 bits per heavy atom. The standard InChI is InChI=1S/C11H11FN2O.ClH/c12-9-1-2-10-8(5-9)6-15-11(10)14-4-3-13-7-14;/h1-2,5,7,11H,3-4,6H2;1H. The number of hydrogen-bond donors (Lipinski definition) is 0. The molecule has 3 nitrogen and oxygen atoms in total. The van der Waals surface area contributed by atoms with E-state index in [1.165, 1.54) is 6.07 Å². The van der Waals surface area contributed by atoms with Gasteiger partial charge in [0.25, 0.3) is 0 Å². The van der Waals surface area contributed by atoms with Crippen molar-refractivity contribution in [1.29, 1.82) is 0 Å². The molecule has 16 heavy (non-hydrogen) atoms. The van der Waals surface area contributed by atoms with Crippen LogP contribution in [0.5, 0.6) is 0 Å². The maximum atomic E-state index is 13.0. The molecule has 0 saturated carbocycles. The molecular formula is C11H12ClFN2O. The van der Waals surface area contributed by atoms with Crippen molar-refractivity contribution in [3.8, 4) is 0 Å². The van der Waals surface area contributed by atoms with Crippen LogP contribution < -0.4 is 0 Å². The van der Waals surface area contributed by atoms with E-state index in [4.69, 9.17) is 4.74 Å². The Labute approximate surface area is 99.3 Å². The lowest BCUT2D eigenvalue weighted by molar-refractivity contribution is -0.0101. The summed E-state index contributed by atoms with van der Waals surface area (Å²) in [5, 5.41) is 0. The van der Waals surface area contributed by atoms with Gasteiger partial charge in [0.15, 0.2) is 6.23 Å². The van der Waals surface area contributed by atoms with Crippen LogP contribution in [0.4, 0.5) is 4.39 Å². The van der Waals surface area contributed by atoms with E-state index in [1.807, 2.05) is 11.2 Å². The average Bonchev–Trinajstić information content (AvgIpc) is 2.82. The summed E-state index contributed by atoms with van der Waals surface area (Å²) >= 11 is 0. The Hall–Kier alpha value is -1.13. The molecule has 86 valence electrons. The van der Waals surface area contributed by atoms with E-state index in [1.54, 1.807) is 12.1 Å². The molecule has 3 rings (SSSR count). The van der Waals surface area contributed by atoms with Crippen LogP contribution in [0.3, 0.4) is 0 Å². The number of benzene rings is 1. The second-order valence-electron chi connectivity index (χ2n) is 3.77. The normalized spacial score (nSPS) is 22.1. The number of hydrogen-bond acceptors (Lipinski definition) is 3. The van der Waals surface area contributed by atoms with E-state index in [9.17, 15) is 4.39 Å². The molecule has 2 aliphatic rings. The van der Waals surface area contributed by atoms with Gasteiger partial charge in [-0.1, -0.05) is 6.07 Å². The molecule has 0 bridgehead atoms. The van der Waals surface area contributed by atoms with Gasteiger partial charge in [0.1, 0.15) is 5.82 Å². The molecule has 0 saturated heterocycles. The maximum Gasteiger partial charge on any atom is 0.157 e. The van der Waals surface area contributed by atoms with Crippen molar-refractivity contribution in [3.05, 3.63) is 35.1 Å².